The Balaban J connectivity index is 2.74. The summed E-state index contributed by atoms with van der Waals surface area (Å²) in [6.45, 7) is 5.77. The summed E-state index contributed by atoms with van der Waals surface area (Å²) in [5, 5.41) is 13.0. The van der Waals surface area contributed by atoms with Gasteiger partial charge in [-0.1, -0.05) is 37.6 Å². The number of hydrogen-bond donors (Lipinski definition) is 2. The Labute approximate surface area is 125 Å². The number of rotatable bonds is 6. The fraction of sp³-hybridized carbons (Fsp3) is 0.438. The van der Waals surface area contributed by atoms with E-state index in [1.807, 2.05) is 39.0 Å². The van der Waals surface area contributed by atoms with Crippen molar-refractivity contribution in [3.8, 4) is 0 Å². The fourth-order valence-corrected chi connectivity index (χ4v) is 2.07. The number of hydrogen-bond acceptors (Lipinski definition) is 2. The number of carbonyl (C=O) groups is 1. The monoisotopic (exact) mass is 295 g/mol. The van der Waals surface area contributed by atoms with Gasteiger partial charge in [0.05, 0.1) is 12.1 Å². The topological polar surface area (TPSA) is 49.3 Å². The molecule has 1 aromatic rings. The van der Waals surface area contributed by atoms with Gasteiger partial charge >= 0.3 is 0 Å². The first-order valence-electron chi connectivity index (χ1n) is 6.83. The highest BCUT2D eigenvalue weighted by atomic mass is 35.5. The third-order valence-electron chi connectivity index (χ3n) is 3.67. The molecular formula is C16H22ClNO2. The van der Waals surface area contributed by atoms with Gasteiger partial charge in [0.25, 0.3) is 0 Å². The van der Waals surface area contributed by atoms with E-state index in [0.29, 0.717) is 17.9 Å². The van der Waals surface area contributed by atoms with E-state index in [9.17, 15) is 9.90 Å². The maximum absolute atomic E-state index is 11.9. The van der Waals surface area contributed by atoms with E-state index in [1.165, 1.54) is 6.08 Å². The molecule has 1 amide bonds. The predicted octanol–water partition coefficient (Wildman–Crippen LogP) is 3.33. The van der Waals surface area contributed by atoms with E-state index in [-0.39, 0.29) is 12.5 Å². The van der Waals surface area contributed by atoms with E-state index < -0.39 is 5.54 Å². The summed E-state index contributed by atoms with van der Waals surface area (Å²) >= 11 is 6.04. The minimum atomic E-state index is -0.535. The van der Waals surface area contributed by atoms with Crippen LogP contribution in [-0.2, 0) is 4.79 Å². The zero-order chi connectivity index (χ0) is 15.2. The second-order valence-corrected chi connectivity index (χ2v) is 5.38. The first kappa shape index (κ1) is 16.7. The summed E-state index contributed by atoms with van der Waals surface area (Å²) in [6, 6.07) is 5.64. The Morgan fingerprint density at radius 2 is 2.05 bits per heavy atom. The molecule has 0 aliphatic rings. The van der Waals surface area contributed by atoms with Crippen LogP contribution in [0.25, 0.3) is 6.08 Å². The van der Waals surface area contributed by atoms with Gasteiger partial charge in [-0.25, -0.2) is 0 Å². The number of nitrogens with one attached hydrogen (secondary N) is 1. The molecule has 0 heterocycles. The Kier molecular flexibility index (Phi) is 6.24. The number of aliphatic hydroxyl groups excluding tert-OH is 1. The van der Waals surface area contributed by atoms with Crippen LogP contribution in [0, 0.1) is 6.92 Å². The van der Waals surface area contributed by atoms with Crippen LogP contribution in [0.1, 0.15) is 37.8 Å². The Bertz CT molecular complexity index is 485. The molecular weight excluding hydrogens is 274 g/mol. The summed E-state index contributed by atoms with van der Waals surface area (Å²) in [5.41, 5.74) is 1.34. The van der Waals surface area contributed by atoms with Crippen LogP contribution in [0.3, 0.4) is 0 Å². The van der Waals surface area contributed by atoms with Crippen molar-refractivity contribution in [3.05, 3.63) is 40.4 Å². The van der Waals surface area contributed by atoms with Crippen LogP contribution in [-0.4, -0.2) is 23.2 Å². The van der Waals surface area contributed by atoms with Crippen LogP contribution < -0.4 is 5.32 Å². The van der Waals surface area contributed by atoms with Gasteiger partial charge in [-0.15, -0.1) is 0 Å². The Hall–Kier alpha value is -1.32. The zero-order valence-corrected chi connectivity index (χ0v) is 13.0. The average molecular weight is 296 g/mol. The number of benzene rings is 1. The van der Waals surface area contributed by atoms with Crippen molar-refractivity contribution < 1.29 is 9.90 Å². The predicted molar refractivity (Wildman–Crippen MR) is 83.8 cm³/mol. The smallest absolute Gasteiger partial charge is 0.244 e. The van der Waals surface area contributed by atoms with Crippen molar-refractivity contribution in [2.24, 2.45) is 0 Å². The molecule has 0 spiro atoms. The third kappa shape index (κ3) is 4.36. The maximum Gasteiger partial charge on any atom is 0.244 e. The SMILES string of the molecule is CCC(CC)(CO)NC(=O)C=Cc1ccc(C)c(Cl)c1. The van der Waals surface area contributed by atoms with Gasteiger partial charge in [0.15, 0.2) is 0 Å². The van der Waals surface area contributed by atoms with Gasteiger partial charge in [-0.2, -0.15) is 0 Å². The average Bonchev–Trinajstić information content (AvgIpc) is 2.46. The van der Waals surface area contributed by atoms with Crippen LogP contribution in [0.4, 0.5) is 0 Å². The quantitative estimate of drug-likeness (QED) is 0.791. The van der Waals surface area contributed by atoms with Crippen molar-refractivity contribution in [1.29, 1.82) is 0 Å². The van der Waals surface area contributed by atoms with Gasteiger partial charge in [-0.05, 0) is 43.0 Å². The molecule has 0 radical (unpaired) electrons. The normalized spacial score (nSPS) is 11.8. The molecule has 3 nitrogen and oxygen atoms in total. The molecule has 0 fully saturated rings. The Morgan fingerprint density at radius 1 is 1.40 bits per heavy atom. The highest BCUT2D eigenvalue weighted by Gasteiger charge is 2.26. The summed E-state index contributed by atoms with van der Waals surface area (Å²) in [6.07, 6.45) is 4.57. The first-order chi connectivity index (χ1) is 9.46. The molecule has 110 valence electrons. The Morgan fingerprint density at radius 3 is 2.55 bits per heavy atom. The molecule has 1 aromatic carbocycles. The van der Waals surface area contributed by atoms with Crippen molar-refractivity contribution in [2.75, 3.05) is 6.61 Å². The number of amides is 1. The molecule has 0 aliphatic heterocycles. The zero-order valence-electron chi connectivity index (χ0n) is 12.2. The van der Waals surface area contributed by atoms with Crippen molar-refractivity contribution in [1.82, 2.24) is 5.32 Å². The molecule has 0 aromatic heterocycles. The number of aryl methyl sites for hydroxylation is 1. The highest BCUT2D eigenvalue weighted by molar-refractivity contribution is 6.31. The van der Waals surface area contributed by atoms with E-state index in [0.717, 1.165) is 11.1 Å². The van der Waals surface area contributed by atoms with E-state index in [1.54, 1.807) is 6.08 Å². The molecule has 0 saturated heterocycles. The van der Waals surface area contributed by atoms with Gasteiger partial charge in [-0.3, -0.25) is 4.79 Å². The van der Waals surface area contributed by atoms with Gasteiger partial charge < -0.3 is 10.4 Å². The van der Waals surface area contributed by atoms with Crippen LogP contribution in [0.2, 0.25) is 5.02 Å². The van der Waals surface area contributed by atoms with Crippen molar-refractivity contribution >= 4 is 23.6 Å². The first-order valence-corrected chi connectivity index (χ1v) is 7.21. The third-order valence-corrected chi connectivity index (χ3v) is 4.07. The lowest BCUT2D eigenvalue weighted by molar-refractivity contribution is -0.119. The fourth-order valence-electron chi connectivity index (χ4n) is 1.88. The summed E-state index contributed by atoms with van der Waals surface area (Å²) < 4.78 is 0. The van der Waals surface area contributed by atoms with E-state index in [4.69, 9.17) is 11.6 Å². The van der Waals surface area contributed by atoms with Crippen LogP contribution in [0.5, 0.6) is 0 Å². The molecule has 0 saturated carbocycles. The lowest BCUT2D eigenvalue weighted by Crippen LogP contribution is -2.49. The highest BCUT2D eigenvalue weighted by Crippen LogP contribution is 2.18. The summed E-state index contributed by atoms with van der Waals surface area (Å²) in [5.74, 6) is -0.209. The molecule has 0 bridgehead atoms. The van der Waals surface area contributed by atoms with Crippen LogP contribution in [0.15, 0.2) is 24.3 Å². The molecule has 0 aliphatic carbocycles. The molecule has 4 heteroatoms. The summed E-state index contributed by atoms with van der Waals surface area (Å²) in [7, 11) is 0. The minimum Gasteiger partial charge on any atom is -0.394 e. The molecule has 0 atom stereocenters. The van der Waals surface area contributed by atoms with Gasteiger partial charge in [0.1, 0.15) is 0 Å². The summed E-state index contributed by atoms with van der Waals surface area (Å²) in [4.78, 5) is 11.9. The van der Waals surface area contributed by atoms with Crippen molar-refractivity contribution in [3.63, 3.8) is 0 Å². The van der Waals surface area contributed by atoms with Gasteiger partial charge in [0.2, 0.25) is 5.91 Å². The number of halogens is 1. The number of carbonyl (C=O) groups excluding carboxylic acids is 1. The largest absolute Gasteiger partial charge is 0.394 e. The number of aliphatic hydroxyl groups is 1. The lowest BCUT2D eigenvalue weighted by atomic mass is 9.94. The second kappa shape index (κ2) is 7.46. The molecule has 20 heavy (non-hydrogen) atoms. The second-order valence-electron chi connectivity index (χ2n) is 4.98. The minimum absolute atomic E-state index is 0.0596. The lowest BCUT2D eigenvalue weighted by Gasteiger charge is -2.30. The van der Waals surface area contributed by atoms with E-state index in [2.05, 4.69) is 5.32 Å². The van der Waals surface area contributed by atoms with Crippen molar-refractivity contribution in [2.45, 2.75) is 39.2 Å². The van der Waals surface area contributed by atoms with E-state index >= 15 is 0 Å². The molecule has 1 rings (SSSR count). The standard InChI is InChI=1S/C16H22ClNO2/c1-4-16(5-2,11-19)18-15(20)9-8-13-7-6-12(3)14(17)10-13/h6-10,19H,4-5,11H2,1-3H3,(H,18,20). The van der Waals surface area contributed by atoms with Crippen LogP contribution >= 0.6 is 11.6 Å². The molecule has 2 N–H and O–H groups in total. The van der Waals surface area contributed by atoms with Gasteiger partial charge in [0, 0.05) is 11.1 Å². The maximum atomic E-state index is 11.9. The molecule has 0 unspecified atom stereocenters.